The van der Waals surface area contributed by atoms with Gasteiger partial charge in [-0.2, -0.15) is 8.42 Å². The van der Waals surface area contributed by atoms with Gasteiger partial charge in [0.05, 0.1) is 6.54 Å². The predicted octanol–water partition coefficient (Wildman–Crippen LogP) is 4.70. The Balaban J connectivity index is 0.000000585. The molecule has 0 spiro atoms. The van der Waals surface area contributed by atoms with Crippen LogP contribution in [0.1, 0.15) is 29.9 Å². The first-order chi connectivity index (χ1) is 19.4. The van der Waals surface area contributed by atoms with Crippen molar-refractivity contribution in [1.29, 1.82) is 0 Å². The number of aromatic nitrogens is 1. The van der Waals surface area contributed by atoms with Crippen LogP contribution in [-0.4, -0.2) is 60.2 Å². The zero-order chi connectivity index (χ0) is 29.7. The van der Waals surface area contributed by atoms with E-state index < -0.39 is 33.7 Å². The summed E-state index contributed by atoms with van der Waals surface area (Å²) in [6, 6.07) is 16.8. The van der Waals surface area contributed by atoms with Gasteiger partial charge >= 0.3 is 22.1 Å². The van der Waals surface area contributed by atoms with E-state index in [4.69, 9.17) is 24.0 Å². The third-order valence-corrected chi connectivity index (χ3v) is 8.08. The number of piperidine rings is 1. The predicted molar refractivity (Wildman–Crippen MR) is 146 cm³/mol. The molecule has 0 atom stereocenters. The van der Waals surface area contributed by atoms with Gasteiger partial charge in [0.15, 0.2) is 0 Å². The summed E-state index contributed by atoms with van der Waals surface area (Å²) in [4.78, 5) is 20.6. The Kier molecular flexibility index (Phi) is 9.04. The van der Waals surface area contributed by atoms with Crippen molar-refractivity contribution in [2.45, 2.75) is 30.2 Å². The van der Waals surface area contributed by atoms with E-state index >= 15 is 0 Å². The number of nitrogens with zero attached hydrogens (tertiary/aromatic N) is 2. The highest BCUT2D eigenvalue weighted by Crippen LogP contribution is 2.37. The van der Waals surface area contributed by atoms with Crippen molar-refractivity contribution in [3.63, 3.8) is 0 Å². The molecule has 0 saturated carbocycles. The number of carbonyl (C=O) groups is 2. The second-order valence-corrected chi connectivity index (χ2v) is 11.2. The van der Waals surface area contributed by atoms with E-state index in [2.05, 4.69) is 11.9 Å². The van der Waals surface area contributed by atoms with E-state index in [1.165, 1.54) is 24.3 Å². The van der Waals surface area contributed by atoms with Gasteiger partial charge in [0.2, 0.25) is 0 Å². The number of carboxylic acid groups (broad SMARTS) is 2. The SMILES string of the molecule is CN1CCC(c2cn(Cc3ccc(F)cc3F)c3ccc(OS(=O)(=O)c4ccccc4)cc23)CC1.O=C(O)C(=O)O. The highest BCUT2D eigenvalue weighted by atomic mass is 32.2. The van der Waals surface area contributed by atoms with Gasteiger partial charge in [0.1, 0.15) is 22.3 Å². The standard InChI is InChI=1S/C27H26F2N2O3S.C2H2O4/c1-30-13-11-19(12-14-30)25-18-31(17-20-7-8-21(28)15-26(20)29)27-10-9-22(16-24(25)27)34-35(32,33)23-5-3-2-4-6-23;3-1(4)2(5)6/h2-10,15-16,18-19H,11-14,17H2,1H3;(H,3,4)(H,5,6). The molecule has 12 heteroatoms. The minimum atomic E-state index is -3.98. The Labute approximate surface area is 235 Å². The molecule has 1 saturated heterocycles. The van der Waals surface area contributed by atoms with Crippen molar-refractivity contribution in [1.82, 2.24) is 9.47 Å². The highest BCUT2D eigenvalue weighted by molar-refractivity contribution is 7.87. The lowest BCUT2D eigenvalue weighted by Gasteiger charge is -2.28. The van der Waals surface area contributed by atoms with E-state index in [1.807, 2.05) is 10.8 Å². The summed E-state index contributed by atoms with van der Waals surface area (Å²) in [6.07, 6.45) is 3.95. The smallest absolute Gasteiger partial charge is 0.414 e. The van der Waals surface area contributed by atoms with E-state index in [-0.39, 0.29) is 23.1 Å². The molecule has 2 heterocycles. The molecule has 1 aromatic heterocycles. The lowest BCUT2D eigenvalue weighted by atomic mass is 9.89. The molecule has 1 aliphatic heterocycles. The monoisotopic (exact) mass is 586 g/mol. The lowest BCUT2D eigenvalue weighted by molar-refractivity contribution is -0.159. The third kappa shape index (κ3) is 7.27. The van der Waals surface area contributed by atoms with E-state index in [9.17, 15) is 17.2 Å². The molecule has 3 aromatic carbocycles. The molecule has 0 aliphatic carbocycles. The minimum absolute atomic E-state index is 0.0833. The van der Waals surface area contributed by atoms with Gasteiger partial charge in [-0.15, -0.1) is 0 Å². The zero-order valence-corrected chi connectivity index (χ0v) is 22.9. The van der Waals surface area contributed by atoms with Crippen LogP contribution < -0.4 is 4.18 Å². The Hall–Kier alpha value is -4.29. The molecule has 1 fully saturated rings. The number of hydrogen-bond acceptors (Lipinski definition) is 6. The molecule has 2 N–H and O–H groups in total. The summed E-state index contributed by atoms with van der Waals surface area (Å²) in [5.41, 5.74) is 2.30. The fourth-order valence-corrected chi connectivity index (χ4v) is 5.67. The summed E-state index contributed by atoms with van der Waals surface area (Å²) in [5.74, 6) is -4.35. The Bertz CT molecular complexity index is 1650. The second kappa shape index (κ2) is 12.5. The fraction of sp³-hybridized carbons (Fsp3) is 0.241. The quantitative estimate of drug-likeness (QED) is 0.246. The van der Waals surface area contributed by atoms with Crippen LogP contribution in [0.15, 0.2) is 77.8 Å². The van der Waals surface area contributed by atoms with Crippen molar-refractivity contribution in [3.05, 3.63) is 95.7 Å². The van der Waals surface area contributed by atoms with Gasteiger partial charge in [0.25, 0.3) is 0 Å². The summed E-state index contributed by atoms with van der Waals surface area (Å²) in [7, 11) is -1.88. The van der Waals surface area contributed by atoms with Gasteiger partial charge in [-0.05, 0) is 80.9 Å². The van der Waals surface area contributed by atoms with Gasteiger partial charge in [-0.25, -0.2) is 18.4 Å². The summed E-state index contributed by atoms with van der Waals surface area (Å²) in [6.45, 7) is 2.16. The first-order valence-electron chi connectivity index (χ1n) is 12.7. The molecule has 4 aromatic rings. The number of fused-ring (bicyclic) bond motifs is 1. The van der Waals surface area contributed by atoms with E-state index in [1.54, 1.807) is 36.4 Å². The molecule has 0 amide bonds. The van der Waals surface area contributed by atoms with Crippen molar-refractivity contribution < 1.29 is 41.2 Å². The Morgan fingerprint density at radius 1 is 0.951 bits per heavy atom. The van der Waals surface area contributed by atoms with E-state index in [0.29, 0.717) is 5.56 Å². The average molecular weight is 587 g/mol. The first kappa shape index (κ1) is 29.7. The molecular formula is C29H28F2N2O7S. The van der Waals surface area contributed by atoms with Crippen molar-refractivity contribution in [3.8, 4) is 5.75 Å². The summed E-state index contributed by atoms with van der Waals surface area (Å²) < 4.78 is 60.8. The number of aliphatic carboxylic acids is 2. The number of hydrogen-bond donors (Lipinski definition) is 2. The van der Waals surface area contributed by atoms with Crippen LogP contribution in [0.4, 0.5) is 8.78 Å². The largest absolute Gasteiger partial charge is 0.473 e. The number of carboxylic acids is 2. The van der Waals surface area contributed by atoms with E-state index in [0.717, 1.165) is 48.5 Å². The molecule has 216 valence electrons. The number of likely N-dealkylation sites (tertiary alicyclic amines) is 1. The second-order valence-electron chi connectivity index (χ2n) is 9.67. The zero-order valence-electron chi connectivity index (χ0n) is 22.0. The number of halogens is 2. The topological polar surface area (TPSA) is 126 Å². The van der Waals surface area contributed by atoms with Crippen LogP contribution in [0, 0.1) is 11.6 Å². The molecule has 1 aliphatic rings. The molecule has 5 rings (SSSR count). The molecule has 41 heavy (non-hydrogen) atoms. The summed E-state index contributed by atoms with van der Waals surface area (Å²) in [5, 5.41) is 15.7. The van der Waals surface area contributed by atoms with Crippen LogP contribution >= 0.6 is 0 Å². The molecule has 0 radical (unpaired) electrons. The highest BCUT2D eigenvalue weighted by Gasteiger charge is 2.24. The Morgan fingerprint density at radius 2 is 1.61 bits per heavy atom. The van der Waals surface area contributed by atoms with Gasteiger partial charge in [0, 0.05) is 28.7 Å². The molecule has 0 bridgehead atoms. The van der Waals surface area contributed by atoms with Crippen molar-refractivity contribution >= 4 is 33.0 Å². The van der Waals surface area contributed by atoms with Crippen LogP contribution in [-0.2, 0) is 26.3 Å². The number of rotatable bonds is 6. The Morgan fingerprint density at radius 3 is 2.22 bits per heavy atom. The maximum atomic E-state index is 14.4. The maximum absolute atomic E-state index is 14.4. The molecule has 9 nitrogen and oxygen atoms in total. The average Bonchev–Trinajstić information content (AvgIpc) is 3.28. The van der Waals surface area contributed by atoms with Crippen LogP contribution in [0.3, 0.4) is 0 Å². The van der Waals surface area contributed by atoms with Crippen LogP contribution in [0.2, 0.25) is 0 Å². The molecule has 0 unspecified atom stereocenters. The lowest BCUT2D eigenvalue weighted by Crippen LogP contribution is -2.29. The maximum Gasteiger partial charge on any atom is 0.414 e. The van der Waals surface area contributed by atoms with Crippen LogP contribution in [0.5, 0.6) is 5.75 Å². The summed E-state index contributed by atoms with van der Waals surface area (Å²) >= 11 is 0. The third-order valence-electron chi connectivity index (χ3n) is 6.82. The van der Waals surface area contributed by atoms with Gasteiger partial charge in [-0.1, -0.05) is 24.3 Å². The minimum Gasteiger partial charge on any atom is -0.473 e. The van der Waals surface area contributed by atoms with Gasteiger partial charge < -0.3 is 23.9 Å². The van der Waals surface area contributed by atoms with Crippen LogP contribution in [0.25, 0.3) is 10.9 Å². The molecular weight excluding hydrogens is 558 g/mol. The first-order valence-corrected chi connectivity index (χ1v) is 14.1. The van der Waals surface area contributed by atoms with Crippen molar-refractivity contribution in [2.75, 3.05) is 20.1 Å². The normalized spacial score (nSPS) is 14.3. The van der Waals surface area contributed by atoms with Gasteiger partial charge in [-0.3, -0.25) is 0 Å². The fourth-order valence-electron chi connectivity index (χ4n) is 4.73. The number of benzene rings is 3. The van der Waals surface area contributed by atoms with Crippen molar-refractivity contribution in [2.24, 2.45) is 0 Å².